The minimum atomic E-state index is -1.98. The van der Waals surface area contributed by atoms with E-state index in [1.165, 1.54) is 18.8 Å². The van der Waals surface area contributed by atoms with Gasteiger partial charge in [0.05, 0.1) is 24.4 Å². The van der Waals surface area contributed by atoms with Crippen LogP contribution in [0.25, 0.3) is 5.69 Å². The molecule has 0 spiro atoms. The summed E-state index contributed by atoms with van der Waals surface area (Å²) < 4.78 is 7.63. The van der Waals surface area contributed by atoms with Crippen molar-refractivity contribution in [3.63, 3.8) is 0 Å². The number of hydroxylamine groups is 2. The zero-order valence-electron chi connectivity index (χ0n) is 16.9. The Kier molecular flexibility index (Phi) is 6.46. The van der Waals surface area contributed by atoms with Gasteiger partial charge in [-0.3, -0.25) is 9.63 Å². The van der Waals surface area contributed by atoms with Crippen molar-refractivity contribution in [3.8, 4) is 5.69 Å². The van der Waals surface area contributed by atoms with Gasteiger partial charge in [-0.15, -0.1) is 5.10 Å². The SMILES string of the molecule is CON(C)C(=O)c1nc(CO[Si](C)(C)C(C)(C)C)nn1-c1ccccc1Cl. The van der Waals surface area contributed by atoms with Crippen LogP contribution < -0.4 is 0 Å². The molecule has 0 saturated carbocycles. The summed E-state index contributed by atoms with van der Waals surface area (Å²) in [5.74, 6) is 0.109. The average Bonchev–Trinajstić information content (AvgIpc) is 3.02. The molecule has 1 amide bonds. The number of hydrogen-bond acceptors (Lipinski definition) is 5. The number of halogens is 1. The van der Waals surface area contributed by atoms with E-state index in [1.54, 1.807) is 12.1 Å². The maximum atomic E-state index is 12.7. The topological polar surface area (TPSA) is 69.5 Å². The summed E-state index contributed by atoms with van der Waals surface area (Å²) in [7, 11) is 0.949. The third-order valence-corrected chi connectivity index (χ3v) is 9.65. The van der Waals surface area contributed by atoms with Crippen LogP contribution in [0.3, 0.4) is 0 Å². The van der Waals surface area contributed by atoms with Crippen molar-refractivity contribution in [3.05, 3.63) is 40.9 Å². The maximum absolute atomic E-state index is 12.7. The van der Waals surface area contributed by atoms with Crippen LogP contribution in [0.1, 0.15) is 37.2 Å². The van der Waals surface area contributed by atoms with Crippen molar-refractivity contribution in [2.45, 2.75) is 45.5 Å². The van der Waals surface area contributed by atoms with Gasteiger partial charge in [0.15, 0.2) is 14.1 Å². The predicted molar refractivity (Wildman–Crippen MR) is 107 cm³/mol. The van der Waals surface area contributed by atoms with Crippen LogP contribution in [0, 0.1) is 0 Å². The lowest BCUT2D eigenvalue weighted by Gasteiger charge is -2.35. The Morgan fingerprint density at radius 1 is 1.30 bits per heavy atom. The van der Waals surface area contributed by atoms with Gasteiger partial charge in [-0.05, 0) is 30.3 Å². The van der Waals surface area contributed by atoms with E-state index >= 15 is 0 Å². The van der Waals surface area contributed by atoms with Gasteiger partial charge >= 0.3 is 5.91 Å². The van der Waals surface area contributed by atoms with Crippen LogP contribution >= 0.6 is 11.6 Å². The standard InChI is InChI=1S/C18H27ClN4O3Si/c1-18(2,3)27(6,7)26-12-15-20-16(17(24)22(4)25-5)23(21-15)14-11-9-8-10-13(14)19/h8-11H,12H2,1-7H3. The molecular weight excluding hydrogens is 384 g/mol. The highest BCUT2D eigenvalue weighted by molar-refractivity contribution is 6.74. The molecule has 0 unspecified atom stereocenters. The van der Waals surface area contributed by atoms with E-state index in [9.17, 15) is 4.79 Å². The fourth-order valence-corrected chi connectivity index (χ4v) is 3.17. The minimum Gasteiger partial charge on any atom is -0.409 e. The second-order valence-electron chi connectivity index (χ2n) is 7.75. The van der Waals surface area contributed by atoms with Crippen LogP contribution in [-0.4, -0.2) is 48.2 Å². The molecule has 2 rings (SSSR count). The number of aromatic nitrogens is 3. The number of carbonyl (C=O) groups is 1. The lowest BCUT2D eigenvalue weighted by Crippen LogP contribution is -2.40. The smallest absolute Gasteiger partial charge is 0.315 e. The molecule has 0 bridgehead atoms. The van der Waals surface area contributed by atoms with E-state index in [4.69, 9.17) is 20.9 Å². The molecular formula is C18H27ClN4O3Si. The van der Waals surface area contributed by atoms with Crippen molar-refractivity contribution in [1.29, 1.82) is 0 Å². The van der Waals surface area contributed by atoms with E-state index in [0.717, 1.165) is 5.06 Å². The normalized spacial score (nSPS) is 12.3. The van der Waals surface area contributed by atoms with Crippen molar-refractivity contribution < 1.29 is 14.1 Å². The van der Waals surface area contributed by atoms with Crippen molar-refractivity contribution in [2.75, 3.05) is 14.2 Å². The van der Waals surface area contributed by atoms with Crippen LogP contribution in [0.15, 0.2) is 24.3 Å². The van der Waals surface area contributed by atoms with Gasteiger partial charge in [0.1, 0.15) is 0 Å². The summed E-state index contributed by atoms with van der Waals surface area (Å²) in [5.41, 5.74) is 0.568. The van der Waals surface area contributed by atoms with Crippen molar-refractivity contribution >= 4 is 25.8 Å². The van der Waals surface area contributed by atoms with Crippen LogP contribution in [0.4, 0.5) is 0 Å². The van der Waals surface area contributed by atoms with Crippen molar-refractivity contribution in [2.24, 2.45) is 0 Å². The molecule has 2 aromatic rings. The van der Waals surface area contributed by atoms with Gasteiger partial charge in [0, 0.05) is 7.05 Å². The highest BCUT2D eigenvalue weighted by atomic mass is 35.5. The molecule has 7 nitrogen and oxygen atoms in total. The molecule has 0 atom stereocenters. The molecule has 0 radical (unpaired) electrons. The maximum Gasteiger partial charge on any atom is 0.315 e. The largest absolute Gasteiger partial charge is 0.409 e. The molecule has 1 heterocycles. The molecule has 148 valence electrons. The first-order valence-corrected chi connectivity index (χ1v) is 11.9. The van der Waals surface area contributed by atoms with Crippen molar-refractivity contribution in [1.82, 2.24) is 19.8 Å². The van der Waals surface area contributed by atoms with Crippen LogP contribution in [0.2, 0.25) is 23.2 Å². The number of benzene rings is 1. The first-order chi connectivity index (χ1) is 12.5. The quantitative estimate of drug-likeness (QED) is 0.530. The number of hydrogen-bond donors (Lipinski definition) is 0. The summed E-state index contributed by atoms with van der Waals surface area (Å²) in [4.78, 5) is 22.1. The van der Waals surface area contributed by atoms with Gasteiger partial charge in [-0.25, -0.2) is 14.7 Å². The zero-order chi connectivity index (χ0) is 20.4. The fourth-order valence-electron chi connectivity index (χ4n) is 2.03. The minimum absolute atomic E-state index is 0.0627. The Hall–Kier alpha value is -1.74. The molecule has 0 aliphatic carbocycles. The Balaban J connectivity index is 2.41. The van der Waals surface area contributed by atoms with E-state index < -0.39 is 14.2 Å². The third kappa shape index (κ3) is 4.76. The highest BCUT2D eigenvalue weighted by Crippen LogP contribution is 2.37. The zero-order valence-corrected chi connectivity index (χ0v) is 18.7. The van der Waals surface area contributed by atoms with Gasteiger partial charge < -0.3 is 4.43 Å². The molecule has 0 fully saturated rings. The Labute approximate surface area is 166 Å². The van der Waals surface area contributed by atoms with E-state index in [-0.39, 0.29) is 17.5 Å². The number of para-hydroxylation sites is 1. The summed E-state index contributed by atoms with van der Waals surface area (Å²) in [5, 5.41) is 6.10. The van der Waals surface area contributed by atoms with Gasteiger partial charge in [-0.1, -0.05) is 44.5 Å². The molecule has 0 saturated heterocycles. The summed E-state index contributed by atoms with van der Waals surface area (Å²) in [6.45, 7) is 11.0. The predicted octanol–water partition coefficient (Wildman–Crippen LogP) is 4.08. The molecule has 9 heteroatoms. The van der Waals surface area contributed by atoms with E-state index in [0.29, 0.717) is 16.5 Å². The van der Waals surface area contributed by atoms with Crippen LogP contribution in [0.5, 0.6) is 0 Å². The number of rotatable bonds is 6. The fraction of sp³-hybridized carbons (Fsp3) is 0.500. The molecule has 0 aliphatic heterocycles. The first-order valence-electron chi connectivity index (χ1n) is 8.65. The van der Waals surface area contributed by atoms with Gasteiger partial charge in [0.25, 0.3) is 0 Å². The lowest BCUT2D eigenvalue weighted by molar-refractivity contribution is -0.0765. The van der Waals surface area contributed by atoms with Crippen LogP contribution in [-0.2, 0) is 15.9 Å². The Bertz CT molecular complexity index is 817. The second-order valence-corrected chi connectivity index (χ2v) is 13.0. The van der Waals surface area contributed by atoms with Gasteiger partial charge in [-0.2, -0.15) is 0 Å². The average molecular weight is 411 g/mol. The number of carbonyl (C=O) groups excluding carboxylic acids is 1. The van der Waals surface area contributed by atoms with E-state index in [2.05, 4.69) is 43.9 Å². The Morgan fingerprint density at radius 3 is 2.48 bits per heavy atom. The highest BCUT2D eigenvalue weighted by Gasteiger charge is 2.37. The summed E-state index contributed by atoms with van der Waals surface area (Å²) in [6, 6.07) is 7.15. The molecule has 1 aromatic carbocycles. The lowest BCUT2D eigenvalue weighted by atomic mass is 10.2. The summed E-state index contributed by atoms with van der Waals surface area (Å²) >= 11 is 6.30. The monoisotopic (exact) mass is 410 g/mol. The molecule has 27 heavy (non-hydrogen) atoms. The molecule has 1 aromatic heterocycles. The third-order valence-electron chi connectivity index (χ3n) is 4.85. The first kappa shape index (κ1) is 21.6. The number of nitrogens with zero attached hydrogens (tertiary/aromatic N) is 4. The molecule has 0 N–H and O–H groups in total. The van der Waals surface area contributed by atoms with Gasteiger partial charge in [0.2, 0.25) is 5.82 Å². The Morgan fingerprint density at radius 2 is 1.93 bits per heavy atom. The molecule has 0 aliphatic rings. The second kappa shape index (κ2) is 8.10. The van der Waals surface area contributed by atoms with E-state index in [1.807, 2.05) is 12.1 Å². The summed E-state index contributed by atoms with van der Waals surface area (Å²) in [6.07, 6.45) is 0. The number of amides is 1.